The summed E-state index contributed by atoms with van der Waals surface area (Å²) in [5.41, 5.74) is 0.547. The molecular weight excluding hydrogens is 352 g/mol. The lowest BCUT2D eigenvalue weighted by atomic mass is 9.85. The normalized spacial score (nSPS) is 19.6. The molecule has 0 saturated carbocycles. The number of methoxy groups -OCH3 is 1. The second-order valence-electron chi connectivity index (χ2n) is 5.40. The first-order valence-corrected chi connectivity index (χ1v) is 7.61. The Morgan fingerprint density at radius 3 is 2.64 bits per heavy atom. The number of aliphatic carboxylic acids is 1. The number of rotatable bonds is 6. The number of urea groups is 1. The molecule has 1 heterocycles. The third-order valence-electron chi connectivity index (χ3n) is 3.65. The van der Waals surface area contributed by atoms with Gasteiger partial charge in [0.25, 0.3) is 0 Å². The van der Waals surface area contributed by atoms with Crippen molar-refractivity contribution in [1.82, 2.24) is 10.6 Å². The fourth-order valence-corrected chi connectivity index (χ4v) is 2.90. The predicted molar refractivity (Wildman–Crippen MR) is 88.9 cm³/mol. The highest BCUT2D eigenvalue weighted by atomic mass is 35.5. The smallest absolute Gasteiger partial charge is 0.341 e. The first-order valence-electron chi connectivity index (χ1n) is 7.23. The molecule has 2 atom stereocenters. The Morgan fingerprint density at radius 2 is 2.08 bits per heavy atom. The number of Topliss-reactive ketones (excluding diaryl/α,β-unsaturated/α-hetero) is 1. The lowest BCUT2D eigenvalue weighted by Crippen LogP contribution is -2.50. The topological polar surface area (TPSA) is 114 Å². The zero-order valence-corrected chi connectivity index (χ0v) is 14.3. The molecule has 0 unspecified atom stereocenters. The number of ketones is 1. The number of halogens is 1. The summed E-state index contributed by atoms with van der Waals surface area (Å²) in [5, 5.41) is 14.2. The molecule has 1 aromatic carbocycles. The summed E-state index contributed by atoms with van der Waals surface area (Å²) >= 11 is 6.10. The van der Waals surface area contributed by atoms with E-state index in [2.05, 4.69) is 17.2 Å². The molecule has 0 bridgehead atoms. The maximum absolute atomic E-state index is 12.1. The predicted octanol–water partition coefficient (Wildman–Crippen LogP) is 1.88. The van der Waals surface area contributed by atoms with Crippen molar-refractivity contribution in [3.8, 4) is 11.5 Å². The van der Waals surface area contributed by atoms with Gasteiger partial charge in [-0.1, -0.05) is 18.2 Å². The van der Waals surface area contributed by atoms with E-state index in [4.69, 9.17) is 26.2 Å². The van der Waals surface area contributed by atoms with Crippen molar-refractivity contribution < 1.29 is 29.0 Å². The van der Waals surface area contributed by atoms with E-state index in [1.165, 1.54) is 26.2 Å². The number of benzene rings is 1. The van der Waals surface area contributed by atoms with Crippen molar-refractivity contribution in [2.75, 3.05) is 13.7 Å². The average molecular weight is 369 g/mol. The van der Waals surface area contributed by atoms with E-state index >= 15 is 0 Å². The van der Waals surface area contributed by atoms with E-state index in [-0.39, 0.29) is 28.0 Å². The van der Waals surface area contributed by atoms with Gasteiger partial charge in [-0.2, -0.15) is 0 Å². The quantitative estimate of drug-likeness (QED) is 0.706. The van der Waals surface area contributed by atoms with Crippen LogP contribution in [0.5, 0.6) is 11.5 Å². The van der Waals surface area contributed by atoms with Crippen molar-refractivity contribution in [3.63, 3.8) is 0 Å². The number of ether oxygens (including phenoxy) is 2. The van der Waals surface area contributed by atoms with Crippen molar-refractivity contribution in [2.45, 2.75) is 13.0 Å². The Kier molecular flexibility index (Phi) is 5.53. The van der Waals surface area contributed by atoms with Crippen molar-refractivity contribution in [1.29, 1.82) is 0 Å². The molecule has 134 valence electrons. The molecule has 8 nitrogen and oxygen atoms in total. The Morgan fingerprint density at radius 1 is 1.40 bits per heavy atom. The van der Waals surface area contributed by atoms with Gasteiger partial charge in [-0.05, 0) is 13.0 Å². The molecular formula is C16H17ClN2O6. The third-order valence-corrected chi connectivity index (χ3v) is 3.87. The van der Waals surface area contributed by atoms with Crippen LogP contribution in [0.3, 0.4) is 0 Å². The molecule has 1 fully saturated rings. The minimum Gasteiger partial charge on any atom is -0.493 e. The van der Waals surface area contributed by atoms with Gasteiger partial charge >= 0.3 is 12.0 Å². The van der Waals surface area contributed by atoms with Crippen LogP contribution in [0.25, 0.3) is 0 Å². The Hall–Kier alpha value is -2.74. The molecule has 1 aliphatic rings. The summed E-state index contributed by atoms with van der Waals surface area (Å²) in [5.74, 6) is -1.95. The summed E-state index contributed by atoms with van der Waals surface area (Å²) < 4.78 is 10.5. The van der Waals surface area contributed by atoms with Gasteiger partial charge in [-0.15, -0.1) is 0 Å². The van der Waals surface area contributed by atoms with Crippen LogP contribution >= 0.6 is 11.6 Å². The number of nitrogens with one attached hydrogen (secondary N) is 2. The highest BCUT2D eigenvalue weighted by Crippen LogP contribution is 2.42. The number of carboxylic acid groups (broad SMARTS) is 1. The first-order chi connectivity index (χ1) is 11.7. The summed E-state index contributed by atoms with van der Waals surface area (Å²) in [7, 11) is 1.37. The zero-order valence-electron chi connectivity index (χ0n) is 13.6. The van der Waals surface area contributed by atoms with Gasteiger partial charge in [-0.3, -0.25) is 4.79 Å². The van der Waals surface area contributed by atoms with Crippen LogP contribution in [0, 0.1) is 5.92 Å². The number of hydrogen-bond acceptors (Lipinski definition) is 5. The number of carboxylic acids is 1. The van der Waals surface area contributed by atoms with Crippen LogP contribution in [0.15, 0.2) is 24.4 Å². The molecule has 9 heteroatoms. The van der Waals surface area contributed by atoms with Crippen LogP contribution in [0.2, 0.25) is 5.02 Å². The molecule has 0 spiro atoms. The van der Waals surface area contributed by atoms with Crippen LogP contribution in [0.1, 0.15) is 18.5 Å². The van der Waals surface area contributed by atoms with Crippen molar-refractivity contribution in [2.24, 2.45) is 5.92 Å². The average Bonchev–Trinajstić information content (AvgIpc) is 2.51. The second kappa shape index (κ2) is 7.43. The van der Waals surface area contributed by atoms with Gasteiger partial charge in [0.15, 0.2) is 18.1 Å². The minimum absolute atomic E-state index is 0.0838. The molecule has 0 aromatic heterocycles. The van der Waals surface area contributed by atoms with E-state index in [1.54, 1.807) is 0 Å². The number of amides is 2. The monoisotopic (exact) mass is 368 g/mol. The van der Waals surface area contributed by atoms with Gasteiger partial charge in [0, 0.05) is 22.3 Å². The summed E-state index contributed by atoms with van der Waals surface area (Å²) in [6, 6.07) is 1.55. The highest BCUT2D eigenvalue weighted by molar-refractivity contribution is 6.30. The highest BCUT2D eigenvalue weighted by Gasteiger charge is 2.38. The van der Waals surface area contributed by atoms with E-state index in [1.807, 2.05) is 0 Å². The van der Waals surface area contributed by atoms with Crippen LogP contribution in [-0.2, 0) is 9.59 Å². The van der Waals surface area contributed by atoms with Gasteiger partial charge < -0.3 is 25.2 Å². The SMILES string of the molecule is C=C1NC(=O)N[C@H](c2cc(Cl)cc(OC)c2OCC(=O)O)[C@@H]1C(C)=O. The fourth-order valence-electron chi connectivity index (χ4n) is 2.68. The number of carbonyl (C=O) groups is 3. The van der Waals surface area contributed by atoms with Crippen LogP contribution in [-0.4, -0.2) is 36.6 Å². The number of carbonyl (C=O) groups excluding carboxylic acids is 2. The van der Waals surface area contributed by atoms with Crippen molar-refractivity contribution >= 4 is 29.4 Å². The molecule has 3 N–H and O–H groups in total. The molecule has 25 heavy (non-hydrogen) atoms. The maximum atomic E-state index is 12.1. The van der Waals surface area contributed by atoms with Gasteiger partial charge in [0.05, 0.1) is 19.1 Å². The van der Waals surface area contributed by atoms with Crippen LogP contribution < -0.4 is 20.1 Å². The molecule has 1 aromatic rings. The first kappa shape index (κ1) is 18.6. The van der Waals surface area contributed by atoms with Crippen LogP contribution in [0.4, 0.5) is 4.79 Å². The lowest BCUT2D eigenvalue weighted by molar-refractivity contribution is -0.139. The van der Waals surface area contributed by atoms with E-state index in [0.29, 0.717) is 5.56 Å². The Balaban J connectivity index is 2.59. The van der Waals surface area contributed by atoms with Gasteiger partial charge in [-0.25, -0.2) is 9.59 Å². The van der Waals surface area contributed by atoms with Gasteiger partial charge in [0.2, 0.25) is 0 Å². The third kappa shape index (κ3) is 4.03. The van der Waals surface area contributed by atoms with Gasteiger partial charge in [0.1, 0.15) is 5.78 Å². The largest absolute Gasteiger partial charge is 0.493 e. The molecule has 1 aliphatic heterocycles. The maximum Gasteiger partial charge on any atom is 0.341 e. The molecule has 2 rings (SSSR count). The minimum atomic E-state index is -1.19. The van der Waals surface area contributed by atoms with E-state index in [9.17, 15) is 14.4 Å². The summed E-state index contributed by atoms with van der Waals surface area (Å²) in [4.78, 5) is 34.8. The number of hydrogen-bond donors (Lipinski definition) is 3. The summed E-state index contributed by atoms with van der Waals surface area (Å²) in [6.45, 7) is 4.45. The van der Waals surface area contributed by atoms with E-state index < -0.39 is 30.6 Å². The summed E-state index contributed by atoms with van der Waals surface area (Å²) in [6.07, 6.45) is 0. The molecule has 2 amide bonds. The lowest BCUT2D eigenvalue weighted by Gasteiger charge is -2.34. The molecule has 0 radical (unpaired) electrons. The molecule has 0 aliphatic carbocycles. The van der Waals surface area contributed by atoms with Crippen molar-refractivity contribution in [3.05, 3.63) is 35.0 Å². The second-order valence-corrected chi connectivity index (χ2v) is 5.83. The molecule has 1 saturated heterocycles. The fraction of sp³-hybridized carbons (Fsp3) is 0.312. The van der Waals surface area contributed by atoms with E-state index in [0.717, 1.165) is 0 Å². The Bertz CT molecular complexity index is 748. The standard InChI is InChI=1S/C16H17ClN2O6/c1-7-13(8(2)20)14(19-16(23)18-7)10-4-9(17)5-11(24-3)15(10)25-6-12(21)22/h4-5,13-14H,1,6H2,2-3H3,(H,21,22)(H2,18,19,23)/t13-,14+/m0/s1. The Labute approximate surface area is 148 Å². The zero-order chi connectivity index (χ0) is 18.7.